The molecule has 4 rings (SSSR count). The molecule has 0 bridgehead atoms. The number of carboxylic acid groups (broad SMARTS) is 2. The molecular weight excluding hydrogens is 418 g/mol. The summed E-state index contributed by atoms with van der Waals surface area (Å²) in [6.07, 6.45) is 3.82. The Morgan fingerprint density at radius 3 is 2.25 bits per heavy atom. The number of para-hydroxylation sites is 1. The lowest BCUT2D eigenvalue weighted by Gasteiger charge is -2.34. The van der Waals surface area contributed by atoms with E-state index in [1.807, 2.05) is 35.4 Å². The van der Waals surface area contributed by atoms with Gasteiger partial charge in [-0.25, -0.2) is 9.59 Å². The van der Waals surface area contributed by atoms with Gasteiger partial charge in [-0.05, 0) is 23.8 Å². The molecule has 3 aromatic rings. The number of nitrogens with one attached hydrogen (secondary N) is 1. The third kappa shape index (κ3) is 5.82. The molecule has 3 N–H and O–H groups in total. The molecule has 1 aliphatic rings. The van der Waals surface area contributed by atoms with Crippen LogP contribution in [0.3, 0.4) is 0 Å². The van der Waals surface area contributed by atoms with Crippen LogP contribution in [0.2, 0.25) is 0 Å². The molecule has 0 aliphatic carbocycles. The second-order valence-corrected chi connectivity index (χ2v) is 7.20. The quantitative estimate of drug-likeness (QED) is 0.399. The van der Waals surface area contributed by atoms with Crippen molar-refractivity contribution in [3.63, 3.8) is 0 Å². The van der Waals surface area contributed by atoms with Crippen LogP contribution in [0.25, 0.3) is 10.9 Å². The first-order chi connectivity index (χ1) is 15.3. The van der Waals surface area contributed by atoms with Gasteiger partial charge in [-0.15, -0.1) is 0 Å². The molecule has 2 aromatic heterocycles. The number of carbonyl (C=O) groups is 4. The molecule has 1 amide bonds. The van der Waals surface area contributed by atoms with Gasteiger partial charge in [-0.2, -0.15) is 0 Å². The Kier molecular flexibility index (Phi) is 7.40. The molecule has 168 valence electrons. The molecule has 1 aromatic carbocycles. The van der Waals surface area contributed by atoms with Gasteiger partial charge in [0.15, 0.2) is 5.76 Å². The fourth-order valence-electron chi connectivity index (χ4n) is 3.43. The highest BCUT2D eigenvalue weighted by molar-refractivity contribution is 6.27. The van der Waals surface area contributed by atoms with E-state index in [-0.39, 0.29) is 11.7 Å². The Morgan fingerprint density at radius 2 is 1.62 bits per heavy atom. The van der Waals surface area contributed by atoms with E-state index in [1.54, 1.807) is 12.1 Å². The zero-order chi connectivity index (χ0) is 23.1. The Hall–Kier alpha value is -3.92. The number of fused-ring (bicyclic) bond motifs is 1. The van der Waals surface area contributed by atoms with Gasteiger partial charge in [0.05, 0.1) is 19.2 Å². The number of hydrogen-bond donors (Lipinski definition) is 3. The van der Waals surface area contributed by atoms with Crippen LogP contribution in [0.1, 0.15) is 16.1 Å². The third-order valence-corrected chi connectivity index (χ3v) is 5.09. The van der Waals surface area contributed by atoms with Gasteiger partial charge < -0.3 is 24.5 Å². The SMILES string of the molecule is O=C(CN1CCN(C(=O)Cc2c[nH]c3ccccc23)CC1)c1ccco1.O=C(O)C(=O)O. The zero-order valence-electron chi connectivity index (χ0n) is 17.2. The lowest BCUT2D eigenvalue weighted by molar-refractivity contribution is -0.159. The summed E-state index contributed by atoms with van der Waals surface area (Å²) in [4.78, 5) is 50.1. The van der Waals surface area contributed by atoms with Gasteiger partial charge in [0.1, 0.15) is 0 Å². The maximum Gasteiger partial charge on any atom is 0.414 e. The van der Waals surface area contributed by atoms with Crippen molar-refractivity contribution >= 4 is 34.5 Å². The number of piperazine rings is 1. The fourth-order valence-corrected chi connectivity index (χ4v) is 3.43. The van der Waals surface area contributed by atoms with Crippen LogP contribution < -0.4 is 0 Å². The monoisotopic (exact) mass is 441 g/mol. The number of hydrogen-bond acceptors (Lipinski definition) is 6. The number of aromatic amines is 1. The topological polar surface area (TPSA) is 144 Å². The van der Waals surface area contributed by atoms with E-state index in [2.05, 4.69) is 9.88 Å². The highest BCUT2D eigenvalue weighted by Gasteiger charge is 2.24. The van der Waals surface area contributed by atoms with E-state index in [4.69, 9.17) is 24.2 Å². The summed E-state index contributed by atoms with van der Waals surface area (Å²) in [7, 11) is 0. The Balaban J connectivity index is 0.000000427. The van der Waals surface area contributed by atoms with Gasteiger partial charge in [0.2, 0.25) is 11.7 Å². The van der Waals surface area contributed by atoms with Gasteiger partial charge in [0, 0.05) is 43.3 Å². The van der Waals surface area contributed by atoms with Crippen LogP contribution in [0, 0.1) is 0 Å². The van der Waals surface area contributed by atoms with Crippen molar-refractivity contribution in [3.8, 4) is 0 Å². The Bertz CT molecular complexity index is 1080. The number of carbonyl (C=O) groups excluding carboxylic acids is 2. The first-order valence-electron chi connectivity index (χ1n) is 9.93. The minimum atomic E-state index is -1.82. The van der Waals surface area contributed by atoms with Crippen LogP contribution >= 0.6 is 0 Å². The van der Waals surface area contributed by atoms with Gasteiger partial charge in [-0.1, -0.05) is 18.2 Å². The maximum absolute atomic E-state index is 12.6. The van der Waals surface area contributed by atoms with E-state index in [9.17, 15) is 9.59 Å². The molecule has 0 unspecified atom stereocenters. The van der Waals surface area contributed by atoms with E-state index in [1.165, 1.54) is 6.26 Å². The maximum atomic E-state index is 12.6. The molecule has 10 nitrogen and oxygen atoms in total. The summed E-state index contributed by atoms with van der Waals surface area (Å²) >= 11 is 0. The Labute approximate surface area is 183 Å². The van der Waals surface area contributed by atoms with Crippen molar-refractivity contribution in [1.29, 1.82) is 0 Å². The van der Waals surface area contributed by atoms with Crippen molar-refractivity contribution in [1.82, 2.24) is 14.8 Å². The lowest BCUT2D eigenvalue weighted by atomic mass is 10.1. The second kappa shape index (κ2) is 10.4. The average Bonchev–Trinajstić information content (AvgIpc) is 3.45. The van der Waals surface area contributed by atoms with Crippen LogP contribution in [-0.2, 0) is 20.8 Å². The normalized spacial score (nSPS) is 13.9. The molecule has 0 spiro atoms. The molecule has 0 radical (unpaired) electrons. The number of amides is 1. The predicted molar refractivity (Wildman–Crippen MR) is 113 cm³/mol. The van der Waals surface area contributed by atoms with Gasteiger partial charge >= 0.3 is 11.9 Å². The predicted octanol–water partition coefficient (Wildman–Crippen LogP) is 1.49. The van der Waals surface area contributed by atoms with Crippen molar-refractivity contribution in [3.05, 3.63) is 60.2 Å². The number of furan rings is 1. The fraction of sp³-hybridized carbons (Fsp3) is 0.273. The number of nitrogens with zero attached hydrogens (tertiary/aromatic N) is 2. The molecule has 1 saturated heterocycles. The van der Waals surface area contributed by atoms with E-state index in [0.29, 0.717) is 44.9 Å². The first kappa shape index (κ1) is 22.8. The molecule has 10 heteroatoms. The first-order valence-corrected chi connectivity index (χ1v) is 9.93. The minimum Gasteiger partial charge on any atom is -0.473 e. The van der Waals surface area contributed by atoms with Crippen LogP contribution in [0.4, 0.5) is 0 Å². The highest BCUT2D eigenvalue weighted by atomic mass is 16.4. The number of Topliss-reactive ketones (excluding diaryl/α,β-unsaturated/α-hetero) is 1. The standard InChI is InChI=1S/C20H21N3O3.C2H2O4/c24-18(19-6-3-11-26-19)14-22-7-9-23(10-8-22)20(25)12-15-13-21-17-5-2-1-4-16(15)17;3-1(4)2(5)6/h1-6,11,13,21H,7-10,12,14H2;(H,3,4)(H,5,6). The van der Waals surface area contributed by atoms with Crippen LogP contribution in [0.15, 0.2) is 53.3 Å². The van der Waals surface area contributed by atoms with Gasteiger partial charge in [0.25, 0.3) is 0 Å². The third-order valence-electron chi connectivity index (χ3n) is 5.09. The summed E-state index contributed by atoms with van der Waals surface area (Å²) < 4.78 is 5.15. The number of aromatic nitrogens is 1. The molecule has 32 heavy (non-hydrogen) atoms. The van der Waals surface area contributed by atoms with Crippen molar-refractivity contribution in [2.75, 3.05) is 32.7 Å². The summed E-state index contributed by atoms with van der Waals surface area (Å²) in [5, 5.41) is 15.9. The van der Waals surface area contributed by atoms with E-state index >= 15 is 0 Å². The second-order valence-electron chi connectivity index (χ2n) is 7.20. The largest absolute Gasteiger partial charge is 0.473 e. The highest BCUT2D eigenvalue weighted by Crippen LogP contribution is 2.19. The van der Waals surface area contributed by atoms with Gasteiger partial charge in [-0.3, -0.25) is 14.5 Å². The summed E-state index contributed by atoms with van der Waals surface area (Å²) in [6, 6.07) is 11.4. The lowest BCUT2D eigenvalue weighted by Crippen LogP contribution is -2.50. The number of benzene rings is 1. The zero-order valence-corrected chi connectivity index (χ0v) is 17.2. The summed E-state index contributed by atoms with van der Waals surface area (Å²) in [5.74, 6) is -3.15. The van der Waals surface area contributed by atoms with Crippen LogP contribution in [-0.4, -0.2) is 81.3 Å². The molecule has 0 atom stereocenters. The average molecular weight is 441 g/mol. The van der Waals surface area contributed by atoms with Crippen LogP contribution in [0.5, 0.6) is 0 Å². The minimum absolute atomic E-state index is 0.0198. The number of carboxylic acids is 2. The number of rotatable bonds is 5. The number of ketones is 1. The smallest absolute Gasteiger partial charge is 0.414 e. The molecule has 3 heterocycles. The molecule has 1 fully saturated rings. The van der Waals surface area contributed by atoms with E-state index < -0.39 is 11.9 Å². The Morgan fingerprint density at radius 1 is 0.938 bits per heavy atom. The molecular formula is C22H23N3O7. The molecule has 0 saturated carbocycles. The number of aliphatic carboxylic acids is 2. The van der Waals surface area contributed by atoms with E-state index in [0.717, 1.165) is 16.5 Å². The molecule has 1 aliphatic heterocycles. The van der Waals surface area contributed by atoms with Crippen molar-refractivity contribution in [2.24, 2.45) is 0 Å². The number of H-pyrrole nitrogens is 1. The summed E-state index contributed by atoms with van der Waals surface area (Å²) in [6.45, 7) is 3.02. The summed E-state index contributed by atoms with van der Waals surface area (Å²) in [5.41, 5.74) is 2.08. The van der Waals surface area contributed by atoms with Crippen molar-refractivity contribution < 1.29 is 33.8 Å². The van der Waals surface area contributed by atoms with Crippen molar-refractivity contribution in [2.45, 2.75) is 6.42 Å².